The maximum atomic E-state index is 11.2. The Morgan fingerprint density at radius 3 is 1.71 bits per heavy atom. The van der Waals surface area contributed by atoms with Gasteiger partial charge in [0.15, 0.2) is 0 Å². The molecule has 0 aliphatic carbocycles. The number of rotatable bonds is 5. The van der Waals surface area contributed by atoms with Crippen LogP contribution in [0.3, 0.4) is 0 Å². The average Bonchev–Trinajstić information content (AvgIpc) is 2.48. The molecule has 2 aromatic rings. The van der Waals surface area contributed by atoms with E-state index in [0.717, 1.165) is 17.7 Å². The highest BCUT2D eigenvalue weighted by molar-refractivity contribution is 5.85. The van der Waals surface area contributed by atoms with E-state index in [2.05, 4.69) is 4.90 Å². The van der Waals surface area contributed by atoms with Crippen molar-refractivity contribution in [3.63, 3.8) is 0 Å². The zero-order valence-corrected chi connectivity index (χ0v) is 13.3. The molecule has 0 unspecified atom stereocenters. The molecule has 0 aliphatic heterocycles. The molecular formula is C18H22ClNO. The summed E-state index contributed by atoms with van der Waals surface area (Å²) in [5.41, 5.74) is 0.667. The molecule has 0 bridgehead atoms. The van der Waals surface area contributed by atoms with Crippen molar-refractivity contribution in [1.29, 1.82) is 0 Å². The lowest BCUT2D eigenvalue weighted by molar-refractivity contribution is 0.134. The molecule has 0 fully saturated rings. The summed E-state index contributed by atoms with van der Waals surface area (Å²) in [6.07, 6.45) is 3.87. The molecule has 2 aromatic carbocycles. The van der Waals surface area contributed by atoms with Gasteiger partial charge in [0.1, 0.15) is 5.60 Å². The average molecular weight is 304 g/mol. The number of aliphatic hydroxyl groups is 1. The Morgan fingerprint density at radius 1 is 0.905 bits per heavy atom. The Bertz CT molecular complexity index is 512. The van der Waals surface area contributed by atoms with Crippen LogP contribution in [0, 0.1) is 0 Å². The Hall–Kier alpha value is -1.61. The van der Waals surface area contributed by atoms with Gasteiger partial charge in [-0.1, -0.05) is 66.7 Å². The van der Waals surface area contributed by atoms with Crippen molar-refractivity contribution < 1.29 is 5.11 Å². The van der Waals surface area contributed by atoms with Crippen LogP contribution in [0.1, 0.15) is 11.1 Å². The first-order chi connectivity index (χ1) is 9.63. The van der Waals surface area contributed by atoms with Crippen molar-refractivity contribution >= 4 is 12.4 Å². The minimum absolute atomic E-state index is 0. The van der Waals surface area contributed by atoms with Crippen LogP contribution in [-0.4, -0.2) is 30.6 Å². The van der Waals surface area contributed by atoms with E-state index in [4.69, 9.17) is 0 Å². The van der Waals surface area contributed by atoms with Crippen LogP contribution in [0.5, 0.6) is 0 Å². The Morgan fingerprint density at radius 2 is 1.33 bits per heavy atom. The number of nitrogens with zero attached hydrogens (tertiary/aromatic N) is 1. The highest BCUT2D eigenvalue weighted by atomic mass is 35.5. The second-order valence-corrected chi connectivity index (χ2v) is 5.16. The summed E-state index contributed by atoms with van der Waals surface area (Å²) in [7, 11) is 4.02. The van der Waals surface area contributed by atoms with Gasteiger partial charge in [-0.3, -0.25) is 0 Å². The summed E-state index contributed by atoms with van der Waals surface area (Å²) in [4.78, 5) is 2.06. The van der Waals surface area contributed by atoms with E-state index < -0.39 is 5.60 Å². The van der Waals surface area contributed by atoms with Crippen molar-refractivity contribution in [1.82, 2.24) is 4.90 Å². The fraction of sp³-hybridized carbons (Fsp3) is 0.222. The molecule has 0 aliphatic rings. The maximum Gasteiger partial charge on any atom is 0.133 e. The molecule has 1 N–H and O–H groups in total. The lowest BCUT2D eigenvalue weighted by Crippen LogP contribution is -2.25. The highest BCUT2D eigenvalue weighted by Crippen LogP contribution is 2.30. The van der Waals surface area contributed by atoms with E-state index in [0.29, 0.717) is 0 Å². The Labute approximate surface area is 133 Å². The quantitative estimate of drug-likeness (QED) is 0.855. The smallest absolute Gasteiger partial charge is 0.133 e. The van der Waals surface area contributed by atoms with Gasteiger partial charge in [0.25, 0.3) is 0 Å². The number of benzene rings is 2. The van der Waals surface area contributed by atoms with Gasteiger partial charge >= 0.3 is 0 Å². The van der Waals surface area contributed by atoms with Gasteiger partial charge in [-0.15, -0.1) is 12.4 Å². The molecule has 2 nitrogen and oxygen atoms in total. The summed E-state index contributed by atoms with van der Waals surface area (Å²) >= 11 is 0. The van der Waals surface area contributed by atoms with Crippen LogP contribution in [-0.2, 0) is 5.60 Å². The zero-order chi connectivity index (χ0) is 14.4. The van der Waals surface area contributed by atoms with Gasteiger partial charge in [0.05, 0.1) is 0 Å². The zero-order valence-electron chi connectivity index (χ0n) is 12.4. The highest BCUT2D eigenvalue weighted by Gasteiger charge is 2.27. The van der Waals surface area contributed by atoms with E-state index in [1.54, 1.807) is 0 Å². The van der Waals surface area contributed by atoms with Gasteiger partial charge in [-0.2, -0.15) is 0 Å². The number of halogens is 1. The number of hydrogen-bond acceptors (Lipinski definition) is 2. The molecule has 0 spiro atoms. The summed E-state index contributed by atoms with van der Waals surface area (Å²) in [6.45, 7) is 0.794. The third-order valence-corrected chi connectivity index (χ3v) is 3.26. The third kappa shape index (κ3) is 4.43. The normalized spacial score (nSPS) is 11.6. The third-order valence-electron chi connectivity index (χ3n) is 3.26. The topological polar surface area (TPSA) is 23.5 Å². The molecule has 0 heterocycles. The standard InChI is InChI=1S/C18H21NO.ClH/c1-19(2)15-9-14-18(20,16-10-5-3-6-11-16)17-12-7-4-8-13-17;/h3-14,20H,15H2,1-2H3;1H/b14-9-;. The molecule has 3 heteroatoms. The molecule has 0 amide bonds. The second-order valence-electron chi connectivity index (χ2n) is 5.16. The molecule has 21 heavy (non-hydrogen) atoms. The lowest BCUT2D eigenvalue weighted by atomic mass is 9.86. The minimum atomic E-state index is -1.08. The van der Waals surface area contributed by atoms with E-state index in [1.807, 2.05) is 86.9 Å². The molecule has 0 radical (unpaired) electrons. The van der Waals surface area contributed by atoms with Crippen LogP contribution in [0.4, 0.5) is 0 Å². The monoisotopic (exact) mass is 303 g/mol. The lowest BCUT2D eigenvalue weighted by Gasteiger charge is -2.26. The fourth-order valence-electron chi connectivity index (χ4n) is 2.18. The van der Waals surface area contributed by atoms with Crippen molar-refractivity contribution in [2.24, 2.45) is 0 Å². The second kappa shape index (κ2) is 7.99. The first-order valence-electron chi connectivity index (χ1n) is 6.79. The fourth-order valence-corrected chi connectivity index (χ4v) is 2.18. The van der Waals surface area contributed by atoms with E-state index in [9.17, 15) is 5.11 Å². The van der Waals surface area contributed by atoms with Crippen LogP contribution in [0.15, 0.2) is 72.8 Å². The van der Waals surface area contributed by atoms with E-state index in [-0.39, 0.29) is 12.4 Å². The Kier molecular flexibility index (Phi) is 6.63. The molecule has 0 saturated heterocycles. The molecule has 0 atom stereocenters. The van der Waals surface area contributed by atoms with Crippen LogP contribution in [0.25, 0.3) is 0 Å². The van der Waals surface area contributed by atoms with Gasteiger partial charge in [0, 0.05) is 6.54 Å². The molecule has 112 valence electrons. The van der Waals surface area contributed by atoms with Crippen molar-refractivity contribution in [2.75, 3.05) is 20.6 Å². The van der Waals surface area contributed by atoms with Crippen LogP contribution in [0.2, 0.25) is 0 Å². The van der Waals surface area contributed by atoms with Gasteiger partial charge in [0.2, 0.25) is 0 Å². The van der Waals surface area contributed by atoms with Gasteiger partial charge in [-0.05, 0) is 31.3 Å². The minimum Gasteiger partial charge on any atom is -0.377 e. The van der Waals surface area contributed by atoms with Crippen molar-refractivity contribution in [3.05, 3.63) is 83.9 Å². The maximum absolute atomic E-state index is 11.2. The van der Waals surface area contributed by atoms with Gasteiger partial charge < -0.3 is 10.0 Å². The summed E-state index contributed by atoms with van der Waals surface area (Å²) in [6, 6.07) is 19.5. The first kappa shape index (κ1) is 17.4. The molecule has 0 aromatic heterocycles. The predicted molar refractivity (Wildman–Crippen MR) is 90.8 cm³/mol. The number of likely N-dealkylation sites (N-methyl/N-ethyl adjacent to an activating group) is 1. The molecule has 2 rings (SSSR count). The van der Waals surface area contributed by atoms with E-state index in [1.165, 1.54) is 0 Å². The van der Waals surface area contributed by atoms with E-state index >= 15 is 0 Å². The van der Waals surface area contributed by atoms with Crippen LogP contribution < -0.4 is 0 Å². The van der Waals surface area contributed by atoms with Crippen molar-refractivity contribution in [2.45, 2.75) is 5.60 Å². The first-order valence-corrected chi connectivity index (χ1v) is 6.79. The van der Waals surface area contributed by atoms with Gasteiger partial charge in [-0.25, -0.2) is 0 Å². The SMILES string of the molecule is CN(C)C/C=C\C(O)(c1ccccc1)c1ccccc1.Cl. The predicted octanol–water partition coefficient (Wildman–Crippen LogP) is 3.46. The molecular weight excluding hydrogens is 282 g/mol. The Balaban J connectivity index is 0.00000220. The summed E-state index contributed by atoms with van der Waals surface area (Å²) < 4.78 is 0. The van der Waals surface area contributed by atoms with Crippen LogP contribution >= 0.6 is 12.4 Å². The summed E-state index contributed by atoms with van der Waals surface area (Å²) in [5.74, 6) is 0. The largest absolute Gasteiger partial charge is 0.377 e. The number of hydrogen-bond donors (Lipinski definition) is 1. The van der Waals surface area contributed by atoms with Crippen molar-refractivity contribution in [3.8, 4) is 0 Å². The molecule has 0 saturated carbocycles. The summed E-state index contributed by atoms with van der Waals surface area (Å²) in [5, 5.41) is 11.2.